The molecule has 54 valence electrons. The summed E-state index contributed by atoms with van der Waals surface area (Å²) in [5, 5.41) is 0. The van der Waals surface area contributed by atoms with Crippen LogP contribution in [0.3, 0.4) is 0 Å². The summed E-state index contributed by atoms with van der Waals surface area (Å²) < 4.78 is 11.6. The van der Waals surface area contributed by atoms with Crippen LogP contribution in [0.25, 0.3) is 0 Å². The molecule has 0 aliphatic rings. The van der Waals surface area contributed by atoms with Crippen molar-refractivity contribution >= 4 is 22.6 Å². The van der Waals surface area contributed by atoms with Crippen molar-refractivity contribution in [2.45, 2.75) is 10.6 Å². The highest BCUT2D eigenvalue weighted by molar-refractivity contribution is 14.1. The molecule has 0 nitrogen and oxygen atoms in total. The topological polar surface area (TPSA) is 0 Å². The molecule has 0 amide bonds. The highest BCUT2D eigenvalue weighted by atomic mass is 127. The van der Waals surface area contributed by atoms with Gasteiger partial charge in [0.05, 0.1) is 0 Å². The van der Waals surface area contributed by atoms with Crippen LogP contribution in [0.1, 0.15) is 5.56 Å². The largest absolute Gasteiger partial charge is 0.236 e. The predicted octanol–water partition coefficient (Wildman–Crippen LogP) is 2.96. The first-order valence-corrected chi connectivity index (χ1v) is 4.35. The first-order chi connectivity index (χ1) is 4.79. The Labute approximate surface area is 73.6 Å². The molecule has 0 heterocycles. The molecule has 0 bridgehead atoms. The van der Waals surface area contributed by atoms with Crippen LogP contribution >= 0.6 is 22.6 Å². The Kier molecular flexibility index (Phi) is 3.12. The van der Waals surface area contributed by atoms with Crippen LogP contribution < -0.4 is 0 Å². The van der Waals surface area contributed by atoms with Crippen molar-refractivity contribution in [2.75, 3.05) is 0 Å². The molecule has 2 heteroatoms. The van der Waals surface area contributed by atoms with Gasteiger partial charge in [-0.2, -0.15) is 0 Å². The summed E-state index contributed by atoms with van der Waals surface area (Å²) in [6.07, 6.45) is 0.515. The number of alkyl halides is 2. The standard InChI is InChI=1S/C8H8FI/c9-8(10)6-7-4-2-1-3-5-7/h1-5,8H,6H2/t8-/m1/s1. The Morgan fingerprint density at radius 1 is 1.30 bits per heavy atom. The Morgan fingerprint density at radius 3 is 2.40 bits per heavy atom. The van der Waals surface area contributed by atoms with E-state index < -0.39 is 4.18 Å². The van der Waals surface area contributed by atoms with Gasteiger partial charge in [-0.15, -0.1) is 0 Å². The molecule has 0 spiro atoms. The number of hydrogen-bond acceptors (Lipinski definition) is 0. The van der Waals surface area contributed by atoms with E-state index in [0.717, 1.165) is 5.56 Å². The fraction of sp³-hybridized carbons (Fsp3) is 0.250. The molecule has 1 rings (SSSR count). The lowest BCUT2D eigenvalue weighted by Crippen LogP contribution is -1.92. The van der Waals surface area contributed by atoms with Crippen LogP contribution in [0.4, 0.5) is 4.39 Å². The van der Waals surface area contributed by atoms with Gasteiger partial charge in [0.25, 0.3) is 0 Å². The maximum absolute atomic E-state index is 12.4. The molecule has 1 atom stereocenters. The van der Waals surface area contributed by atoms with Gasteiger partial charge in [-0.05, 0) is 28.2 Å². The van der Waals surface area contributed by atoms with E-state index in [1.807, 2.05) is 30.3 Å². The lowest BCUT2D eigenvalue weighted by atomic mass is 10.2. The summed E-state index contributed by atoms with van der Waals surface area (Å²) in [5.74, 6) is 0. The Hall–Kier alpha value is -0.120. The molecule has 1 aromatic rings. The SMILES string of the molecule is F[C@H](I)Cc1ccccc1. The van der Waals surface area contributed by atoms with Gasteiger partial charge in [-0.25, -0.2) is 4.39 Å². The highest BCUT2D eigenvalue weighted by Gasteiger charge is 1.99. The van der Waals surface area contributed by atoms with E-state index in [1.54, 1.807) is 22.6 Å². The number of halogens is 2. The molecule has 0 radical (unpaired) electrons. The van der Waals surface area contributed by atoms with Gasteiger partial charge < -0.3 is 0 Å². The molecule has 1 aromatic carbocycles. The first-order valence-electron chi connectivity index (χ1n) is 3.11. The average Bonchev–Trinajstić information content (AvgIpc) is 1.88. The van der Waals surface area contributed by atoms with Gasteiger partial charge in [0.2, 0.25) is 0 Å². The highest BCUT2D eigenvalue weighted by Crippen LogP contribution is 2.10. The van der Waals surface area contributed by atoms with Crippen LogP contribution in [0.15, 0.2) is 30.3 Å². The van der Waals surface area contributed by atoms with Crippen LogP contribution in [0, 0.1) is 0 Å². The summed E-state index contributed by atoms with van der Waals surface area (Å²) in [7, 11) is 0. The maximum atomic E-state index is 12.4. The summed E-state index contributed by atoms with van der Waals surface area (Å²) in [6, 6.07) is 9.66. The van der Waals surface area contributed by atoms with E-state index in [0.29, 0.717) is 6.42 Å². The summed E-state index contributed by atoms with van der Waals surface area (Å²) >= 11 is 1.78. The smallest absolute Gasteiger partial charge is 0.155 e. The fourth-order valence-corrected chi connectivity index (χ4v) is 1.30. The van der Waals surface area contributed by atoms with E-state index in [-0.39, 0.29) is 0 Å². The number of benzene rings is 1. The lowest BCUT2D eigenvalue weighted by Gasteiger charge is -1.98. The van der Waals surface area contributed by atoms with Crippen LogP contribution in [0.2, 0.25) is 0 Å². The molecule has 0 aliphatic carbocycles. The van der Waals surface area contributed by atoms with Crippen molar-refractivity contribution < 1.29 is 4.39 Å². The maximum Gasteiger partial charge on any atom is 0.155 e. The van der Waals surface area contributed by atoms with Crippen molar-refractivity contribution in [1.82, 2.24) is 0 Å². The lowest BCUT2D eigenvalue weighted by molar-refractivity contribution is 0.471. The molecule has 0 saturated heterocycles. The van der Waals surface area contributed by atoms with Crippen molar-refractivity contribution in [2.24, 2.45) is 0 Å². The predicted molar refractivity (Wildman–Crippen MR) is 49.1 cm³/mol. The summed E-state index contributed by atoms with van der Waals surface area (Å²) in [6.45, 7) is 0. The molecule has 0 fully saturated rings. The third-order valence-electron chi connectivity index (χ3n) is 1.23. The minimum atomic E-state index is -0.764. The molecular weight excluding hydrogens is 242 g/mol. The third-order valence-corrected chi connectivity index (χ3v) is 1.67. The second-order valence-electron chi connectivity index (χ2n) is 2.08. The Morgan fingerprint density at radius 2 is 1.90 bits per heavy atom. The van der Waals surface area contributed by atoms with Gasteiger partial charge >= 0.3 is 0 Å². The average molecular weight is 250 g/mol. The second kappa shape index (κ2) is 3.91. The molecule has 0 aromatic heterocycles. The van der Waals surface area contributed by atoms with Gasteiger partial charge in [-0.3, -0.25) is 0 Å². The van der Waals surface area contributed by atoms with Gasteiger partial charge in [0.1, 0.15) is 0 Å². The second-order valence-corrected chi connectivity index (χ2v) is 3.43. The van der Waals surface area contributed by atoms with Gasteiger partial charge in [0, 0.05) is 6.42 Å². The van der Waals surface area contributed by atoms with Crippen LogP contribution in [0.5, 0.6) is 0 Å². The third kappa shape index (κ3) is 2.64. The zero-order valence-corrected chi connectivity index (χ0v) is 7.58. The zero-order chi connectivity index (χ0) is 7.40. The first kappa shape index (κ1) is 7.98. The molecule has 0 aliphatic heterocycles. The zero-order valence-electron chi connectivity index (χ0n) is 5.43. The minimum Gasteiger partial charge on any atom is -0.236 e. The van der Waals surface area contributed by atoms with E-state index >= 15 is 0 Å². The van der Waals surface area contributed by atoms with E-state index in [1.165, 1.54) is 0 Å². The molecule has 10 heavy (non-hydrogen) atoms. The number of hydrogen-bond donors (Lipinski definition) is 0. The van der Waals surface area contributed by atoms with Crippen molar-refractivity contribution in [3.8, 4) is 0 Å². The molecule has 0 unspecified atom stereocenters. The summed E-state index contributed by atoms with van der Waals surface area (Å²) in [5.41, 5.74) is 1.06. The van der Waals surface area contributed by atoms with E-state index in [4.69, 9.17) is 0 Å². The molecule has 0 N–H and O–H groups in total. The molecule has 0 saturated carbocycles. The number of rotatable bonds is 2. The Balaban J connectivity index is 2.59. The van der Waals surface area contributed by atoms with Crippen molar-refractivity contribution in [3.63, 3.8) is 0 Å². The molecular formula is C8H8FI. The van der Waals surface area contributed by atoms with Crippen LogP contribution in [-0.4, -0.2) is 4.18 Å². The quantitative estimate of drug-likeness (QED) is 0.559. The van der Waals surface area contributed by atoms with Gasteiger partial charge in [0.15, 0.2) is 4.18 Å². The fourth-order valence-electron chi connectivity index (χ4n) is 0.792. The normalized spacial score (nSPS) is 13.0. The van der Waals surface area contributed by atoms with E-state index in [2.05, 4.69) is 0 Å². The summed E-state index contributed by atoms with van der Waals surface area (Å²) in [4.78, 5) is 0. The van der Waals surface area contributed by atoms with E-state index in [9.17, 15) is 4.39 Å². The Bertz CT molecular complexity index is 184. The van der Waals surface area contributed by atoms with Crippen molar-refractivity contribution in [3.05, 3.63) is 35.9 Å². The van der Waals surface area contributed by atoms with Crippen LogP contribution in [-0.2, 0) is 6.42 Å². The van der Waals surface area contributed by atoms with Gasteiger partial charge in [-0.1, -0.05) is 30.3 Å². The van der Waals surface area contributed by atoms with Crippen molar-refractivity contribution in [1.29, 1.82) is 0 Å². The minimum absolute atomic E-state index is 0.515. The monoisotopic (exact) mass is 250 g/mol.